The highest BCUT2D eigenvalue weighted by Gasteiger charge is 2.07. The van der Waals surface area contributed by atoms with Crippen LogP contribution in [0.2, 0.25) is 0 Å². The summed E-state index contributed by atoms with van der Waals surface area (Å²) in [6.45, 7) is 25.2. The van der Waals surface area contributed by atoms with Gasteiger partial charge in [0.2, 0.25) is 17.7 Å². The highest BCUT2D eigenvalue weighted by molar-refractivity contribution is 5.78. The maximum absolute atomic E-state index is 10.9. The summed E-state index contributed by atoms with van der Waals surface area (Å²) in [6, 6.07) is 0.264. The van der Waals surface area contributed by atoms with E-state index < -0.39 is 0 Å². The van der Waals surface area contributed by atoms with Gasteiger partial charge in [-0.25, -0.2) is 0 Å². The Morgan fingerprint density at radius 1 is 0.517 bits per heavy atom. The van der Waals surface area contributed by atoms with Crippen molar-refractivity contribution in [2.24, 2.45) is 29.6 Å². The third-order valence-corrected chi connectivity index (χ3v) is 3.37. The zero-order chi connectivity index (χ0) is 23.7. The second-order valence-corrected chi connectivity index (χ2v) is 9.41. The van der Waals surface area contributed by atoms with Crippen LogP contribution >= 0.6 is 0 Å². The lowest BCUT2D eigenvalue weighted by Gasteiger charge is -2.09. The predicted molar refractivity (Wildman–Crippen MR) is 123 cm³/mol. The number of carbonyl (C=O) groups is 3. The van der Waals surface area contributed by atoms with E-state index in [4.69, 9.17) is 0 Å². The molecule has 0 rings (SSSR count). The van der Waals surface area contributed by atoms with Crippen molar-refractivity contribution in [3.8, 4) is 0 Å². The molecule has 0 unspecified atom stereocenters. The molecule has 0 radical (unpaired) electrons. The van der Waals surface area contributed by atoms with Gasteiger partial charge in [-0.1, -0.05) is 69.2 Å². The quantitative estimate of drug-likeness (QED) is 0.560. The van der Waals surface area contributed by atoms with Crippen molar-refractivity contribution in [3.05, 3.63) is 0 Å². The molecule has 0 atom stereocenters. The molecule has 0 bridgehead atoms. The number of nitrogens with one attached hydrogen (secondary N) is 3. The fourth-order valence-corrected chi connectivity index (χ4v) is 1.47. The van der Waals surface area contributed by atoms with Crippen molar-refractivity contribution in [2.45, 2.75) is 89.1 Å². The molecule has 0 fully saturated rings. The molecule has 0 aliphatic rings. The van der Waals surface area contributed by atoms with Gasteiger partial charge >= 0.3 is 0 Å². The molecule has 0 saturated carbocycles. The van der Waals surface area contributed by atoms with Gasteiger partial charge in [-0.15, -0.1) is 0 Å². The average Bonchev–Trinajstić information content (AvgIpc) is 2.57. The maximum atomic E-state index is 10.9. The fourth-order valence-electron chi connectivity index (χ4n) is 1.47. The lowest BCUT2D eigenvalue weighted by Crippen LogP contribution is -2.33. The Labute approximate surface area is 180 Å². The Morgan fingerprint density at radius 3 is 0.931 bits per heavy atom. The van der Waals surface area contributed by atoms with Gasteiger partial charge in [-0.2, -0.15) is 0 Å². The predicted octanol–water partition coefficient (Wildman–Crippen LogP) is 4.00. The maximum Gasteiger partial charge on any atom is 0.222 e. The van der Waals surface area contributed by atoms with Crippen LogP contribution in [0.15, 0.2) is 0 Å². The summed E-state index contributed by atoms with van der Waals surface area (Å²) in [6.07, 6.45) is 0. The number of hydrogen-bond donors (Lipinski definition) is 3. The van der Waals surface area contributed by atoms with Crippen LogP contribution in [-0.4, -0.2) is 36.9 Å². The first-order valence-corrected chi connectivity index (χ1v) is 11.0. The molecule has 29 heavy (non-hydrogen) atoms. The molecule has 3 amide bonds. The SMILES string of the molecule is CC(C)CNC(=O)C(C)C.CC(C)CNC(=O)C(C)C.CC(C)NC(=O)C(C)C. The minimum Gasteiger partial charge on any atom is -0.356 e. The molecule has 0 aliphatic heterocycles. The fraction of sp³-hybridized carbons (Fsp3) is 0.870. The Morgan fingerprint density at radius 2 is 0.793 bits per heavy atom. The summed E-state index contributed by atoms with van der Waals surface area (Å²) in [5.41, 5.74) is 0. The summed E-state index contributed by atoms with van der Waals surface area (Å²) < 4.78 is 0. The van der Waals surface area contributed by atoms with Crippen LogP contribution in [0.25, 0.3) is 0 Å². The summed E-state index contributed by atoms with van der Waals surface area (Å²) in [7, 11) is 0. The van der Waals surface area contributed by atoms with Crippen LogP contribution < -0.4 is 16.0 Å². The van der Waals surface area contributed by atoms with Gasteiger partial charge in [0.1, 0.15) is 0 Å². The first-order chi connectivity index (χ1) is 13.1. The minimum absolute atomic E-state index is 0.104. The average molecular weight is 416 g/mol. The van der Waals surface area contributed by atoms with Crippen molar-refractivity contribution in [1.82, 2.24) is 16.0 Å². The van der Waals surface area contributed by atoms with E-state index >= 15 is 0 Å². The highest BCUT2D eigenvalue weighted by Crippen LogP contribution is 1.94. The zero-order valence-electron chi connectivity index (χ0n) is 21.1. The van der Waals surface area contributed by atoms with E-state index in [0.717, 1.165) is 13.1 Å². The van der Waals surface area contributed by atoms with Gasteiger partial charge in [-0.3, -0.25) is 14.4 Å². The molecule has 6 nitrogen and oxygen atoms in total. The number of rotatable bonds is 8. The van der Waals surface area contributed by atoms with Crippen molar-refractivity contribution in [3.63, 3.8) is 0 Å². The van der Waals surface area contributed by atoms with Crippen LogP contribution in [0.1, 0.15) is 83.1 Å². The van der Waals surface area contributed by atoms with Gasteiger partial charge in [0, 0.05) is 36.9 Å². The lowest BCUT2D eigenvalue weighted by atomic mass is 10.2. The largest absolute Gasteiger partial charge is 0.356 e. The van der Waals surface area contributed by atoms with E-state index in [0.29, 0.717) is 11.8 Å². The number of carbonyl (C=O) groups excluding carboxylic acids is 3. The van der Waals surface area contributed by atoms with Crippen molar-refractivity contribution < 1.29 is 14.4 Å². The molecule has 174 valence electrons. The zero-order valence-corrected chi connectivity index (χ0v) is 21.1. The van der Waals surface area contributed by atoms with Crippen LogP contribution in [-0.2, 0) is 14.4 Å². The summed E-state index contributed by atoms with van der Waals surface area (Å²) in [5.74, 6) is 1.84. The second-order valence-electron chi connectivity index (χ2n) is 9.41. The van der Waals surface area contributed by atoms with E-state index in [2.05, 4.69) is 43.6 Å². The van der Waals surface area contributed by atoms with Gasteiger partial charge < -0.3 is 16.0 Å². The first-order valence-electron chi connectivity index (χ1n) is 11.0. The molecule has 0 aromatic rings. The second kappa shape index (κ2) is 18.4. The standard InChI is InChI=1S/2C8H17NO.C7H15NO/c2*1-6(2)5-9-8(10)7(3)4;1-5(2)7(9)8-6(3)4/h2*6-7H,5H2,1-4H3,(H,9,10);5-6H,1-4H3,(H,8,9). The van der Waals surface area contributed by atoms with Crippen LogP contribution in [0, 0.1) is 29.6 Å². The van der Waals surface area contributed by atoms with Crippen LogP contribution in [0.3, 0.4) is 0 Å². The first kappa shape index (κ1) is 32.1. The van der Waals surface area contributed by atoms with Gasteiger partial charge in [0.05, 0.1) is 0 Å². The van der Waals surface area contributed by atoms with Gasteiger partial charge in [0.15, 0.2) is 0 Å². The smallest absolute Gasteiger partial charge is 0.222 e. The Balaban J connectivity index is -0.000000350. The Bertz CT molecular complexity index is 415. The Kier molecular flexibility index (Phi) is 20.4. The third kappa shape index (κ3) is 26.4. The normalized spacial score (nSPS) is 10.6. The molecule has 0 aliphatic carbocycles. The summed E-state index contributed by atoms with van der Waals surface area (Å²) >= 11 is 0. The molecule has 6 heteroatoms. The van der Waals surface area contributed by atoms with Crippen molar-refractivity contribution >= 4 is 17.7 Å². The number of hydrogen-bond acceptors (Lipinski definition) is 3. The van der Waals surface area contributed by atoms with E-state index in [-0.39, 0.29) is 41.5 Å². The summed E-state index contributed by atoms with van der Waals surface area (Å²) in [5, 5.41) is 8.49. The van der Waals surface area contributed by atoms with E-state index in [9.17, 15) is 14.4 Å². The molecule has 3 N–H and O–H groups in total. The third-order valence-electron chi connectivity index (χ3n) is 3.37. The molecular formula is C23H49N3O3. The Hall–Kier alpha value is -1.59. The van der Waals surface area contributed by atoms with Crippen molar-refractivity contribution in [2.75, 3.05) is 13.1 Å². The van der Waals surface area contributed by atoms with E-state index in [1.54, 1.807) is 0 Å². The molecule has 0 aromatic carbocycles. The highest BCUT2D eigenvalue weighted by atomic mass is 16.2. The van der Waals surface area contributed by atoms with Crippen LogP contribution in [0.4, 0.5) is 0 Å². The molecule has 0 aromatic heterocycles. The number of amides is 3. The molecular weight excluding hydrogens is 366 g/mol. The van der Waals surface area contributed by atoms with E-state index in [1.807, 2.05) is 55.4 Å². The molecule has 0 heterocycles. The lowest BCUT2D eigenvalue weighted by molar-refractivity contribution is -0.125. The molecule has 0 saturated heterocycles. The monoisotopic (exact) mass is 415 g/mol. The molecule has 0 spiro atoms. The van der Waals surface area contributed by atoms with Gasteiger partial charge in [-0.05, 0) is 25.7 Å². The van der Waals surface area contributed by atoms with E-state index in [1.165, 1.54) is 0 Å². The minimum atomic E-state index is 0.104. The van der Waals surface area contributed by atoms with Crippen molar-refractivity contribution in [1.29, 1.82) is 0 Å². The summed E-state index contributed by atoms with van der Waals surface area (Å²) in [4.78, 5) is 32.7. The van der Waals surface area contributed by atoms with Crippen LogP contribution in [0.5, 0.6) is 0 Å². The topological polar surface area (TPSA) is 87.3 Å². The van der Waals surface area contributed by atoms with Gasteiger partial charge in [0.25, 0.3) is 0 Å².